The van der Waals surface area contributed by atoms with Gasteiger partial charge >= 0.3 is 0 Å². The second-order valence-electron chi connectivity index (χ2n) is 2.30. The number of nitrogens with one attached hydrogen (secondary N) is 1. The van der Waals surface area contributed by atoms with Crippen molar-refractivity contribution in [1.29, 1.82) is 0 Å². The number of para-hydroxylation sites is 1. The van der Waals surface area contributed by atoms with E-state index in [0.717, 1.165) is 12.1 Å². The maximum absolute atomic E-state index is 12.8. The molecule has 0 heterocycles. The predicted molar refractivity (Wildman–Crippen MR) is 42.1 cm³/mol. The first-order chi connectivity index (χ1) is 6.15. The van der Waals surface area contributed by atoms with Gasteiger partial charge in [0.25, 0.3) is 0 Å². The molecule has 0 aliphatic rings. The van der Waals surface area contributed by atoms with E-state index in [-0.39, 0.29) is 0 Å². The minimum atomic E-state index is -0.873. The minimum absolute atomic E-state index is 0.540. The van der Waals surface area contributed by atoms with E-state index in [1.54, 1.807) is 0 Å². The van der Waals surface area contributed by atoms with Gasteiger partial charge in [-0.3, -0.25) is 4.79 Å². The van der Waals surface area contributed by atoms with Crippen LogP contribution in [0.5, 0.6) is 0 Å². The number of aliphatic hydroxyl groups is 1. The van der Waals surface area contributed by atoms with Gasteiger partial charge < -0.3 is 10.4 Å². The van der Waals surface area contributed by atoms with Gasteiger partial charge in [0.15, 0.2) is 0 Å². The molecule has 2 N–H and O–H groups in total. The van der Waals surface area contributed by atoms with E-state index in [1.807, 2.05) is 5.32 Å². The minimum Gasteiger partial charge on any atom is -0.387 e. The standard InChI is InChI=1S/C8H7F2NO2/c9-5-2-1-3-6(10)8(5)11-7(13)4-12/h1-3,12H,4H2,(H,11,13). The number of anilines is 1. The Morgan fingerprint density at radius 1 is 1.38 bits per heavy atom. The summed E-state index contributed by atoms with van der Waals surface area (Å²) in [5.74, 6) is -2.60. The summed E-state index contributed by atoms with van der Waals surface area (Å²) >= 11 is 0. The van der Waals surface area contributed by atoms with Crippen LogP contribution in [0.1, 0.15) is 0 Å². The third kappa shape index (κ3) is 2.22. The van der Waals surface area contributed by atoms with Crippen molar-refractivity contribution in [2.24, 2.45) is 0 Å². The van der Waals surface area contributed by atoms with E-state index in [9.17, 15) is 13.6 Å². The lowest BCUT2D eigenvalue weighted by atomic mass is 10.3. The summed E-state index contributed by atoms with van der Waals surface area (Å²) in [6.45, 7) is -0.812. The van der Waals surface area contributed by atoms with Crippen molar-refractivity contribution in [1.82, 2.24) is 0 Å². The molecule has 0 fully saturated rings. The molecule has 13 heavy (non-hydrogen) atoms. The number of aliphatic hydroxyl groups excluding tert-OH is 1. The fourth-order valence-electron chi connectivity index (χ4n) is 0.796. The molecule has 1 aromatic rings. The maximum Gasteiger partial charge on any atom is 0.250 e. The summed E-state index contributed by atoms with van der Waals surface area (Å²) in [6.07, 6.45) is 0. The van der Waals surface area contributed by atoms with Crippen molar-refractivity contribution in [2.45, 2.75) is 0 Å². The van der Waals surface area contributed by atoms with Gasteiger partial charge in [0, 0.05) is 0 Å². The van der Waals surface area contributed by atoms with E-state index < -0.39 is 29.8 Å². The number of rotatable bonds is 2. The van der Waals surface area contributed by atoms with Crippen LogP contribution in [0, 0.1) is 11.6 Å². The number of halogens is 2. The normalized spacial score (nSPS) is 9.77. The molecule has 0 spiro atoms. The third-order valence-corrected chi connectivity index (χ3v) is 1.37. The van der Waals surface area contributed by atoms with Gasteiger partial charge in [-0.1, -0.05) is 6.07 Å². The molecule has 0 saturated carbocycles. The van der Waals surface area contributed by atoms with Crippen LogP contribution < -0.4 is 5.32 Å². The Balaban J connectivity index is 2.93. The molecule has 0 atom stereocenters. The first kappa shape index (κ1) is 9.60. The highest BCUT2D eigenvalue weighted by molar-refractivity contribution is 5.91. The summed E-state index contributed by atoms with van der Waals surface area (Å²) in [7, 11) is 0. The average molecular weight is 187 g/mol. The Hall–Kier alpha value is -1.49. The van der Waals surface area contributed by atoms with Crippen LogP contribution >= 0.6 is 0 Å². The van der Waals surface area contributed by atoms with Crippen molar-refractivity contribution in [3.05, 3.63) is 29.8 Å². The zero-order valence-corrected chi connectivity index (χ0v) is 6.55. The SMILES string of the molecule is O=C(CO)Nc1c(F)cccc1F. The molecule has 3 nitrogen and oxygen atoms in total. The first-order valence-electron chi connectivity index (χ1n) is 3.50. The number of carbonyl (C=O) groups is 1. The molecule has 1 rings (SSSR count). The predicted octanol–water partition coefficient (Wildman–Crippen LogP) is 0.896. The Bertz CT molecular complexity index is 308. The van der Waals surface area contributed by atoms with E-state index in [0.29, 0.717) is 0 Å². The van der Waals surface area contributed by atoms with E-state index >= 15 is 0 Å². The number of hydrogen-bond donors (Lipinski definition) is 2. The molecule has 1 amide bonds. The Kier molecular flexibility index (Phi) is 2.92. The van der Waals surface area contributed by atoms with Gasteiger partial charge in [0.2, 0.25) is 5.91 Å². The van der Waals surface area contributed by atoms with Gasteiger partial charge in [-0.2, -0.15) is 0 Å². The molecule has 0 saturated heterocycles. The van der Waals surface area contributed by atoms with Crippen LogP contribution in [0.25, 0.3) is 0 Å². The van der Waals surface area contributed by atoms with Crippen LogP contribution in [0.2, 0.25) is 0 Å². The Morgan fingerprint density at radius 3 is 2.38 bits per heavy atom. The fourth-order valence-corrected chi connectivity index (χ4v) is 0.796. The molecule has 5 heteroatoms. The van der Waals surface area contributed by atoms with E-state index in [1.165, 1.54) is 6.07 Å². The maximum atomic E-state index is 12.8. The molecule has 1 aromatic carbocycles. The third-order valence-electron chi connectivity index (χ3n) is 1.37. The molecule has 70 valence electrons. The van der Waals surface area contributed by atoms with Gasteiger partial charge in [-0.05, 0) is 12.1 Å². The first-order valence-corrected chi connectivity index (χ1v) is 3.50. The zero-order chi connectivity index (χ0) is 9.84. The molecule has 0 radical (unpaired) electrons. The Labute approximate surface area is 73.0 Å². The smallest absolute Gasteiger partial charge is 0.250 e. The van der Waals surface area contributed by atoms with Crippen LogP contribution in [-0.2, 0) is 4.79 Å². The largest absolute Gasteiger partial charge is 0.387 e. The molecule has 0 aliphatic heterocycles. The molecular formula is C8H7F2NO2. The average Bonchev–Trinajstić information content (AvgIpc) is 2.11. The fraction of sp³-hybridized carbons (Fsp3) is 0.125. The Morgan fingerprint density at radius 2 is 1.92 bits per heavy atom. The van der Waals surface area contributed by atoms with Crippen molar-refractivity contribution in [2.75, 3.05) is 11.9 Å². The van der Waals surface area contributed by atoms with Gasteiger partial charge in [0.1, 0.15) is 23.9 Å². The molecule has 0 aromatic heterocycles. The number of hydrogen-bond acceptors (Lipinski definition) is 2. The number of amides is 1. The van der Waals surface area contributed by atoms with Crippen LogP contribution in [-0.4, -0.2) is 17.6 Å². The second kappa shape index (κ2) is 3.95. The van der Waals surface area contributed by atoms with Gasteiger partial charge in [-0.15, -0.1) is 0 Å². The summed E-state index contributed by atoms with van der Waals surface area (Å²) in [6, 6.07) is 3.20. The zero-order valence-electron chi connectivity index (χ0n) is 6.55. The van der Waals surface area contributed by atoms with E-state index in [4.69, 9.17) is 5.11 Å². The molecule has 0 bridgehead atoms. The van der Waals surface area contributed by atoms with Crippen molar-refractivity contribution < 1.29 is 18.7 Å². The van der Waals surface area contributed by atoms with Crippen molar-refractivity contribution in [3.8, 4) is 0 Å². The lowest BCUT2D eigenvalue weighted by Gasteiger charge is -2.04. The van der Waals surface area contributed by atoms with Crippen molar-refractivity contribution in [3.63, 3.8) is 0 Å². The monoisotopic (exact) mass is 187 g/mol. The van der Waals surface area contributed by atoms with Gasteiger partial charge in [-0.25, -0.2) is 8.78 Å². The number of carbonyl (C=O) groups excluding carboxylic acids is 1. The van der Waals surface area contributed by atoms with Crippen LogP contribution in [0.15, 0.2) is 18.2 Å². The highest BCUT2D eigenvalue weighted by Gasteiger charge is 2.10. The van der Waals surface area contributed by atoms with Crippen molar-refractivity contribution >= 4 is 11.6 Å². The summed E-state index contributed by atoms with van der Waals surface area (Å²) in [5, 5.41) is 10.2. The second-order valence-corrected chi connectivity index (χ2v) is 2.30. The highest BCUT2D eigenvalue weighted by atomic mass is 19.1. The lowest BCUT2D eigenvalue weighted by molar-refractivity contribution is -0.118. The quantitative estimate of drug-likeness (QED) is 0.722. The topological polar surface area (TPSA) is 49.3 Å². The highest BCUT2D eigenvalue weighted by Crippen LogP contribution is 2.17. The molecular weight excluding hydrogens is 180 g/mol. The lowest BCUT2D eigenvalue weighted by Crippen LogP contribution is -2.17. The van der Waals surface area contributed by atoms with E-state index in [2.05, 4.69) is 0 Å². The van der Waals surface area contributed by atoms with Gasteiger partial charge in [0.05, 0.1) is 0 Å². The molecule has 0 aliphatic carbocycles. The van der Waals surface area contributed by atoms with Crippen LogP contribution in [0.4, 0.5) is 14.5 Å². The summed E-state index contributed by atoms with van der Waals surface area (Å²) in [5.41, 5.74) is -0.540. The molecule has 0 unspecified atom stereocenters. The van der Waals surface area contributed by atoms with Crippen LogP contribution in [0.3, 0.4) is 0 Å². The summed E-state index contributed by atoms with van der Waals surface area (Å²) in [4.78, 5) is 10.6. The number of benzene rings is 1. The summed E-state index contributed by atoms with van der Waals surface area (Å²) < 4.78 is 25.6.